The number of fused-ring (bicyclic) bond motifs is 2. The molecule has 0 unspecified atom stereocenters. The van der Waals surface area contributed by atoms with Crippen LogP contribution in [0.5, 0.6) is 11.5 Å². The van der Waals surface area contributed by atoms with Crippen molar-refractivity contribution in [3.05, 3.63) is 70.0 Å². The van der Waals surface area contributed by atoms with Crippen LogP contribution < -0.4 is 25.5 Å². The highest BCUT2D eigenvalue weighted by Crippen LogP contribution is 2.35. The first-order valence-corrected chi connectivity index (χ1v) is 10.7. The summed E-state index contributed by atoms with van der Waals surface area (Å²) in [5.41, 5.74) is 1.08. The Morgan fingerprint density at radius 3 is 2.58 bits per heavy atom. The van der Waals surface area contributed by atoms with Gasteiger partial charge >= 0.3 is 0 Å². The molecule has 4 rings (SSSR count). The van der Waals surface area contributed by atoms with Gasteiger partial charge in [-0.25, -0.2) is 0 Å². The van der Waals surface area contributed by atoms with E-state index in [0.29, 0.717) is 35.4 Å². The summed E-state index contributed by atoms with van der Waals surface area (Å²) in [5, 5.41) is 15.1. The summed E-state index contributed by atoms with van der Waals surface area (Å²) in [7, 11) is 0. The maximum Gasteiger partial charge on any atom is 0.257 e. The molecule has 0 radical (unpaired) electrons. The maximum absolute atomic E-state index is 13.0. The van der Waals surface area contributed by atoms with E-state index in [0.717, 1.165) is 5.56 Å². The standard InChI is InChI=1S/C24H25N3O6/c1-2-27-12-18(23(30)17-9-20-21(10-19(17)27)33-14-32-20)24(31)25-11-22(29)26-16(13-28)8-15-6-4-3-5-7-15/h3-7,9-10,12,16,28H,2,8,11,13-14H2,1H3,(H,25,31)(H,26,29)/t16-/m1/s1. The van der Waals surface area contributed by atoms with Crippen molar-refractivity contribution >= 4 is 22.7 Å². The van der Waals surface area contributed by atoms with Gasteiger partial charge in [-0.05, 0) is 25.0 Å². The topological polar surface area (TPSA) is 119 Å². The van der Waals surface area contributed by atoms with Crippen LogP contribution in [0, 0.1) is 0 Å². The van der Waals surface area contributed by atoms with Crippen molar-refractivity contribution in [1.29, 1.82) is 0 Å². The first kappa shape index (κ1) is 22.3. The van der Waals surface area contributed by atoms with Crippen LogP contribution in [0.3, 0.4) is 0 Å². The molecular formula is C24H25N3O6. The molecule has 3 aromatic rings. The number of amides is 2. The molecule has 0 aliphatic carbocycles. The zero-order valence-corrected chi connectivity index (χ0v) is 18.2. The molecule has 1 atom stereocenters. The molecule has 2 aromatic carbocycles. The summed E-state index contributed by atoms with van der Waals surface area (Å²) in [6.45, 7) is 1.93. The van der Waals surface area contributed by atoms with Crippen LogP contribution in [0.2, 0.25) is 0 Å². The molecule has 2 heterocycles. The second-order valence-electron chi connectivity index (χ2n) is 7.70. The van der Waals surface area contributed by atoms with Gasteiger partial charge in [-0.15, -0.1) is 0 Å². The lowest BCUT2D eigenvalue weighted by Gasteiger charge is -2.17. The van der Waals surface area contributed by atoms with Crippen LogP contribution in [0.4, 0.5) is 0 Å². The summed E-state index contributed by atoms with van der Waals surface area (Å²) in [6, 6.07) is 12.3. The Labute approximate surface area is 189 Å². The smallest absolute Gasteiger partial charge is 0.257 e. The Morgan fingerprint density at radius 2 is 1.88 bits per heavy atom. The molecular weight excluding hydrogens is 426 g/mol. The average molecular weight is 451 g/mol. The summed E-state index contributed by atoms with van der Waals surface area (Å²) >= 11 is 0. The van der Waals surface area contributed by atoms with E-state index in [1.165, 1.54) is 6.20 Å². The first-order valence-electron chi connectivity index (χ1n) is 10.7. The summed E-state index contributed by atoms with van der Waals surface area (Å²) in [6.07, 6.45) is 1.94. The summed E-state index contributed by atoms with van der Waals surface area (Å²) < 4.78 is 12.5. The number of hydrogen-bond acceptors (Lipinski definition) is 6. The van der Waals surface area contributed by atoms with Gasteiger partial charge in [0.25, 0.3) is 5.91 Å². The van der Waals surface area contributed by atoms with E-state index in [4.69, 9.17) is 9.47 Å². The number of hydrogen-bond donors (Lipinski definition) is 3. The maximum atomic E-state index is 13.0. The zero-order chi connectivity index (χ0) is 23.4. The number of rotatable bonds is 8. The quantitative estimate of drug-likeness (QED) is 0.474. The zero-order valence-electron chi connectivity index (χ0n) is 18.2. The number of carbonyl (C=O) groups excluding carboxylic acids is 2. The van der Waals surface area contributed by atoms with E-state index in [9.17, 15) is 19.5 Å². The van der Waals surface area contributed by atoms with E-state index in [1.54, 1.807) is 16.7 Å². The van der Waals surface area contributed by atoms with Gasteiger partial charge in [-0.2, -0.15) is 0 Å². The molecule has 9 nitrogen and oxygen atoms in total. The third-order valence-corrected chi connectivity index (χ3v) is 5.48. The van der Waals surface area contributed by atoms with Crippen molar-refractivity contribution in [2.24, 2.45) is 0 Å². The minimum absolute atomic E-state index is 0.0704. The van der Waals surface area contributed by atoms with E-state index in [1.807, 2.05) is 37.3 Å². The molecule has 1 aliphatic heterocycles. The van der Waals surface area contributed by atoms with Crippen LogP contribution in [0.15, 0.2) is 53.5 Å². The monoisotopic (exact) mass is 451 g/mol. The Hall–Kier alpha value is -3.85. The van der Waals surface area contributed by atoms with E-state index < -0.39 is 23.3 Å². The largest absolute Gasteiger partial charge is 0.454 e. The van der Waals surface area contributed by atoms with Crippen LogP contribution in [-0.2, 0) is 17.8 Å². The second-order valence-corrected chi connectivity index (χ2v) is 7.70. The molecule has 0 fully saturated rings. The number of aryl methyl sites for hydroxylation is 1. The van der Waals surface area contributed by atoms with Gasteiger partial charge in [0.15, 0.2) is 11.5 Å². The van der Waals surface area contributed by atoms with Gasteiger partial charge in [-0.3, -0.25) is 14.4 Å². The summed E-state index contributed by atoms with van der Waals surface area (Å²) in [4.78, 5) is 38.1. The lowest BCUT2D eigenvalue weighted by molar-refractivity contribution is -0.121. The van der Waals surface area contributed by atoms with Crippen molar-refractivity contribution in [3.8, 4) is 11.5 Å². The van der Waals surface area contributed by atoms with E-state index >= 15 is 0 Å². The number of nitrogens with zero attached hydrogens (tertiary/aromatic N) is 1. The molecule has 0 saturated carbocycles. The lowest BCUT2D eigenvalue weighted by Crippen LogP contribution is -2.45. The third kappa shape index (κ3) is 4.83. The number of benzene rings is 2. The summed E-state index contributed by atoms with van der Waals surface area (Å²) in [5.74, 6) is -0.113. The predicted molar refractivity (Wildman–Crippen MR) is 122 cm³/mol. The highest BCUT2D eigenvalue weighted by Gasteiger charge is 2.21. The number of aliphatic hydroxyl groups is 1. The molecule has 9 heteroatoms. The Kier molecular flexibility index (Phi) is 6.60. The van der Waals surface area contributed by atoms with Crippen LogP contribution in [0.1, 0.15) is 22.8 Å². The average Bonchev–Trinajstić information content (AvgIpc) is 3.29. The van der Waals surface area contributed by atoms with Gasteiger partial charge in [0.05, 0.1) is 30.1 Å². The van der Waals surface area contributed by atoms with Gasteiger partial charge in [-0.1, -0.05) is 30.3 Å². The Morgan fingerprint density at radius 1 is 1.15 bits per heavy atom. The van der Waals surface area contributed by atoms with Crippen LogP contribution >= 0.6 is 0 Å². The molecule has 0 saturated heterocycles. The van der Waals surface area contributed by atoms with Gasteiger partial charge < -0.3 is 29.8 Å². The van der Waals surface area contributed by atoms with Crippen molar-refractivity contribution in [2.75, 3.05) is 19.9 Å². The lowest BCUT2D eigenvalue weighted by atomic mass is 10.1. The Bertz CT molecular complexity index is 1240. The van der Waals surface area contributed by atoms with Crippen molar-refractivity contribution in [3.63, 3.8) is 0 Å². The van der Waals surface area contributed by atoms with Gasteiger partial charge in [0, 0.05) is 18.8 Å². The SMILES string of the molecule is CCn1cc(C(=O)NCC(=O)N[C@@H](CO)Cc2ccccc2)c(=O)c2cc3c(cc21)OCO3. The second kappa shape index (κ2) is 9.74. The van der Waals surface area contributed by atoms with Crippen LogP contribution in [0.25, 0.3) is 10.9 Å². The van der Waals surface area contributed by atoms with Crippen molar-refractivity contribution in [1.82, 2.24) is 15.2 Å². The predicted octanol–water partition coefficient (Wildman–Crippen LogP) is 1.20. The van der Waals surface area contributed by atoms with Crippen molar-refractivity contribution < 1.29 is 24.2 Å². The molecule has 1 aliphatic rings. The minimum Gasteiger partial charge on any atom is -0.454 e. The number of carbonyl (C=O) groups is 2. The van der Waals surface area contributed by atoms with Crippen molar-refractivity contribution in [2.45, 2.75) is 25.9 Å². The molecule has 1 aromatic heterocycles. The minimum atomic E-state index is -0.652. The molecule has 172 valence electrons. The van der Waals surface area contributed by atoms with E-state index in [2.05, 4.69) is 10.6 Å². The molecule has 3 N–H and O–H groups in total. The molecule has 2 amide bonds. The first-order chi connectivity index (χ1) is 16.0. The molecule has 0 bridgehead atoms. The fourth-order valence-corrected chi connectivity index (χ4v) is 3.80. The van der Waals surface area contributed by atoms with E-state index in [-0.39, 0.29) is 25.5 Å². The highest BCUT2D eigenvalue weighted by atomic mass is 16.7. The normalized spacial score (nSPS) is 13.0. The van der Waals surface area contributed by atoms with Gasteiger partial charge in [0.2, 0.25) is 18.1 Å². The van der Waals surface area contributed by atoms with Crippen LogP contribution in [-0.4, -0.2) is 47.5 Å². The number of pyridine rings is 1. The number of nitrogens with one attached hydrogen (secondary N) is 2. The fraction of sp³-hybridized carbons (Fsp3) is 0.292. The number of aliphatic hydroxyl groups excluding tert-OH is 1. The highest BCUT2D eigenvalue weighted by molar-refractivity contribution is 5.99. The third-order valence-electron chi connectivity index (χ3n) is 5.48. The number of ether oxygens (including phenoxy) is 2. The number of aromatic nitrogens is 1. The Balaban J connectivity index is 1.46. The fourth-order valence-electron chi connectivity index (χ4n) is 3.80. The molecule has 33 heavy (non-hydrogen) atoms. The van der Waals surface area contributed by atoms with Gasteiger partial charge in [0.1, 0.15) is 5.56 Å². The molecule has 0 spiro atoms.